The molecule has 1 N–H and O–H groups in total. The molecule has 0 bridgehead atoms. The predicted molar refractivity (Wildman–Crippen MR) is 148 cm³/mol. The van der Waals surface area contributed by atoms with Gasteiger partial charge in [0.15, 0.2) is 5.11 Å². The first-order chi connectivity index (χ1) is 18.4. The van der Waals surface area contributed by atoms with Crippen molar-refractivity contribution >= 4 is 34.6 Å². The number of hydrogen-bond donors (Lipinski definition) is 1. The van der Waals surface area contributed by atoms with Crippen LogP contribution in [-0.2, 0) is 17.4 Å². The number of hydrogen-bond acceptors (Lipinski definition) is 6. The number of nitrogens with zero attached hydrogens (tertiary/aromatic N) is 4. The molecule has 0 aliphatic carbocycles. The molecule has 1 atom stereocenters. The summed E-state index contributed by atoms with van der Waals surface area (Å²) in [6.07, 6.45) is -4.08. The van der Waals surface area contributed by atoms with E-state index >= 15 is 0 Å². The number of rotatable bonds is 7. The van der Waals surface area contributed by atoms with E-state index in [2.05, 4.69) is 17.1 Å². The molecule has 11 heteroatoms. The smallest absolute Gasteiger partial charge is 0.417 e. The first-order valence-electron chi connectivity index (χ1n) is 12.9. The number of thiocarbonyl (C=S) groups is 1. The van der Waals surface area contributed by atoms with E-state index in [-0.39, 0.29) is 10.8 Å². The molecular formula is C28H32F3N5O2S. The number of nitrogens with one attached hydrogen (secondary N) is 1. The van der Waals surface area contributed by atoms with Crippen molar-refractivity contribution in [1.29, 1.82) is 5.26 Å². The first kappa shape index (κ1) is 28.8. The second kappa shape index (κ2) is 11.1. The zero-order valence-corrected chi connectivity index (χ0v) is 23.2. The third-order valence-electron chi connectivity index (χ3n) is 7.16. The maximum atomic E-state index is 13.6. The Bertz CT molecular complexity index is 1310. The second-order valence-corrected chi connectivity index (χ2v) is 10.7. The van der Waals surface area contributed by atoms with Gasteiger partial charge in [0.2, 0.25) is 0 Å². The van der Waals surface area contributed by atoms with Crippen molar-refractivity contribution in [3.8, 4) is 11.8 Å². The lowest BCUT2D eigenvalue weighted by atomic mass is 10.0. The van der Waals surface area contributed by atoms with Crippen molar-refractivity contribution in [3.63, 3.8) is 0 Å². The van der Waals surface area contributed by atoms with Gasteiger partial charge >= 0.3 is 6.18 Å². The minimum Gasteiger partial charge on any atom is -0.492 e. The van der Waals surface area contributed by atoms with Crippen LogP contribution in [0.15, 0.2) is 36.4 Å². The lowest BCUT2D eigenvalue weighted by Gasteiger charge is -2.32. The van der Waals surface area contributed by atoms with Crippen LogP contribution in [0.3, 0.4) is 0 Å². The molecule has 39 heavy (non-hydrogen) atoms. The van der Waals surface area contributed by atoms with Gasteiger partial charge in [-0.15, -0.1) is 0 Å². The molecule has 2 aromatic carbocycles. The van der Waals surface area contributed by atoms with Crippen LogP contribution in [-0.4, -0.2) is 60.3 Å². The van der Waals surface area contributed by atoms with E-state index < -0.39 is 28.7 Å². The Labute approximate surface area is 232 Å². The van der Waals surface area contributed by atoms with Crippen LogP contribution in [0.4, 0.5) is 24.5 Å². The number of halogens is 3. The molecule has 208 valence electrons. The van der Waals surface area contributed by atoms with E-state index in [9.17, 15) is 18.0 Å². The van der Waals surface area contributed by atoms with Gasteiger partial charge in [0.05, 0.1) is 22.9 Å². The zero-order valence-electron chi connectivity index (χ0n) is 22.4. The van der Waals surface area contributed by atoms with Crippen LogP contribution in [0.1, 0.15) is 44.4 Å². The molecule has 4 rings (SSSR count). The van der Waals surface area contributed by atoms with E-state index in [1.54, 1.807) is 24.8 Å². The van der Waals surface area contributed by atoms with Crippen LogP contribution in [0.25, 0.3) is 0 Å². The topological polar surface area (TPSA) is 71.8 Å². The molecular weight excluding hydrogens is 527 g/mol. The summed E-state index contributed by atoms with van der Waals surface area (Å²) in [4.78, 5) is 18.6. The standard InChI is InChI=1S/C28H32F3N5O2S/c1-5-19-14-22(8-9-24(19)38-13-12-34-11-10-33-18(2)17-34)36-26(39)35(25(37)27(36,3)4)21-7-6-20(16-32)23(15-21)28(29,30)31/h6-9,14-15,18,33H,5,10-13,17H2,1-4H3. The fourth-order valence-corrected chi connectivity index (χ4v) is 5.60. The molecule has 2 fully saturated rings. The highest BCUT2D eigenvalue weighted by Gasteiger charge is 2.50. The van der Waals surface area contributed by atoms with Crippen molar-refractivity contribution in [2.24, 2.45) is 0 Å². The van der Waals surface area contributed by atoms with E-state index in [1.165, 1.54) is 6.07 Å². The maximum absolute atomic E-state index is 13.6. The van der Waals surface area contributed by atoms with Gasteiger partial charge in [-0.25, -0.2) is 0 Å². The largest absolute Gasteiger partial charge is 0.492 e. The number of anilines is 2. The van der Waals surface area contributed by atoms with Gasteiger partial charge in [0, 0.05) is 37.9 Å². The van der Waals surface area contributed by atoms with Gasteiger partial charge in [0.25, 0.3) is 5.91 Å². The lowest BCUT2D eigenvalue weighted by molar-refractivity contribution is -0.137. The van der Waals surface area contributed by atoms with Gasteiger partial charge in [-0.05, 0) is 81.4 Å². The number of benzene rings is 2. The fraction of sp³-hybridized carbons (Fsp3) is 0.464. The second-order valence-electron chi connectivity index (χ2n) is 10.3. The van der Waals surface area contributed by atoms with Crippen LogP contribution < -0.4 is 19.9 Å². The Morgan fingerprint density at radius 3 is 2.56 bits per heavy atom. The predicted octanol–water partition coefficient (Wildman–Crippen LogP) is 4.73. The van der Waals surface area contributed by atoms with Gasteiger partial charge in [0.1, 0.15) is 17.9 Å². The lowest BCUT2D eigenvalue weighted by Crippen LogP contribution is -2.50. The molecule has 2 aromatic rings. The van der Waals surface area contributed by atoms with E-state index in [1.807, 2.05) is 25.1 Å². The molecule has 1 unspecified atom stereocenters. The van der Waals surface area contributed by atoms with Crippen LogP contribution in [0.2, 0.25) is 0 Å². The Morgan fingerprint density at radius 2 is 1.92 bits per heavy atom. The summed E-state index contributed by atoms with van der Waals surface area (Å²) in [5, 5.41) is 12.6. The number of nitriles is 1. The minimum absolute atomic E-state index is 0.0372. The van der Waals surface area contributed by atoms with Crippen molar-refractivity contribution in [2.75, 3.05) is 42.6 Å². The molecule has 2 aliphatic heterocycles. The number of amides is 1. The van der Waals surface area contributed by atoms with E-state index in [0.29, 0.717) is 24.8 Å². The normalized spacial score (nSPS) is 19.9. The average Bonchev–Trinajstić information content (AvgIpc) is 3.06. The number of carbonyl (C=O) groups excluding carboxylic acids is 1. The molecule has 0 spiro atoms. The molecule has 2 heterocycles. The zero-order chi connectivity index (χ0) is 28.5. The average molecular weight is 560 g/mol. The molecule has 0 radical (unpaired) electrons. The summed E-state index contributed by atoms with van der Waals surface area (Å²) < 4.78 is 46.9. The monoisotopic (exact) mass is 559 g/mol. The molecule has 2 saturated heterocycles. The molecule has 7 nitrogen and oxygen atoms in total. The highest BCUT2D eigenvalue weighted by Crippen LogP contribution is 2.40. The van der Waals surface area contributed by atoms with E-state index in [0.717, 1.165) is 54.5 Å². The molecule has 1 amide bonds. The summed E-state index contributed by atoms with van der Waals surface area (Å²) in [6, 6.07) is 10.8. The minimum atomic E-state index is -4.75. The maximum Gasteiger partial charge on any atom is 0.417 e. The van der Waals surface area contributed by atoms with Gasteiger partial charge in [-0.3, -0.25) is 14.6 Å². The number of piperazine rings is 1. The third kappa shape index (κ3) is 5.73. The van der Waals surface area contributed by atoms with Crippen LogP contribution >= 0.6 is 12.2 Å². The van der Waals surface area contributed by atoms with Crippen molar-refractivity contribution < 1.29 is 22.7 Å². The van der Waals surface area contributed by atoms with Gasteiger partial charge < -0.3 is 15.0 Å². The van der Waals surface area contributed by atoms with Gasteiger partial charge in [-0.1, -0.05) is 6.92 Å². The van der Waals surface area contributed by atoms with Crippen molar-refractivity contribution in [3.05, 3.63) is 53.1 Å². The first-order valence-corrected chi connectivity index (χ1v) is 13.3. The van der Waals surface area contributed by atoms with Crippen molar-refractivity contribution in [2.45, 2.75) is 51.9 Å². The molecule has 0 aromatic heterocycles. The highest BCUT2D eigenvalue weighted by atomic mass is 32.1. The number of carbonyl (C=O) groups is 1. The fourth-order valence-electron chi connectivity index (χ4n) is 5.08. The number of ether oxygens (including phenoxy) is 1. The Hall–Kier alpha value is -3.20. The Balaban J connectivity index is 1.58. The van der Waals surface area contributed by atoms with Crippen molar-refractivity contribution in [1.82, 2.24) is 10.2 Å². The third-order valence-corrected chi connectivity index (χ3v) is 7.52. The van der Waals surface area contributed by atoms with Crippen LogP contribution in [0.5, 0.6) is 5.75 Å². The summed E-state index contributed by atoms with van der Waals surface area (Å²) >= 11 is 5.66. The Kier molecular flexibility index (Phi) is 8.21. The summed E-state index contributed by atoms with van der Waals surface area (Å²) in [5.41, 5.74) is -1.25. The number of alkyl halides is 3. The van der Waals surface area contributed by atoms with E-state index in [4.69, 9.17) is 22.2 Å². The summed E-state index contributed by atoms with van der Waals surface area (Å²) in [5.74, 6) is 0.284. The summed E-state index contributed by atoms with van der Waals surface area (Å²) in [6.45, 7) is 11.8. The quantitative estimate of drug-likeness (QED) is 0.492. The molecule has 2 aliphatic rings. The highest BCUT2D eigenvalue weighted by molar-refractivity contribution is 7.81. The SMILES string of the molecule is CCc1cc(N2C(=S)N(c3ccc(C#N)c(C(F)(F)F)c3)C(=O)C2(C)C)ccc1OCCN1CCNC(C)C1. The summed E-state index contributed by atoms with van der Waals surface area (Å²) in [7, 11) is 0. The van der Waals surface area contributed by atoms with Crippen LogP contribution in [0, 0.1) is 11.3 Å². The number of aryl methyl sites for hydroxylation is 1. The Morgan fingerprint density at radius 1 is 1.21 bits per heavy atom. The molecule has 0 saturated carbocycles. The van der Waals surface area contributed by atoms with Gasteiger partial charge in [-0.2, -0.15) is 18.4 Å².